The Bertz CT molecular complexity index is 947. The summed E-state index contributed by atoms with van der Waals surface area (Å²) in [4.78, 5) is 29.1. The van der Waals surface area contributed by atoms with Crippen molar-refractivity contribution in [3.05, 3.63) is 70.2 Å². The van der Waals surface area contributed by atoms with Gasteiger partial charge in [0.05, 0.1) is 6.26 Å². The van der Waals surface area contributed by atoms with Crippen LogP contribution in [0.4, 0.5) is 0 Å². The lowest BCUT2D eigenvalue weighted by molar-refractivity contribution is 0.0901. The van der Waals surface area contributed by atoms with Crippen LogP contribution < -0.4 is 10.9 Å². The van der Waals surface area contributed by atoms with E-state index in [2.05, 4.69) is 10.3 Å². The second kappa shape index (κ2) is 6.90. The van der Waals surface area contributed by atoms with Crippen LogP contribution in [0.1, 0.15) is 41.1 Å². The summed E-state index contributed by atoms with van der Waals surface area (Å²) >= 11 is 0. The van der Waals surface area contributed by atoms with Gasteiger partial charge in [0.15, 0.2) is 0 Å². The number of carbonyl (C=O) groups excluding carboxylic acids is 1. The van der Waals surface area contributed by atoms with E-state index in [1.807, 2.05) is 13.0 Å². The topological polar surface area (TPSA) is 96.8 Å². The number of carbonyl (C=O) groups is 1. The molecule has 0 fully saturated rings. The van der Waals surface area contributed by atoms with Crippen molar-refractivity contribution in [3.8, 4) is 0 Å². The fraction of sp³-hybridized carbons (Fsp3) is 0.278. The molecule has 1 amide bonds. The molecule has 3 aromatic rings. The maximum absolute atomic E-state index is 12.5. The summed E-state index contributed by atoms with van der Waals surface area (Å²) < 4.78 is 6.49. The molecular formula is C18H19N3O4. The molecule has 3 heterocycles. The molecule has 0 bridgehead atoms. The van der Waals surface area contributed by atoms with Crippen molar-refractivity contribution in [2.45, 2.75) is 32.4 Å². The van der Waals surface area contributed by atoms with Crippen LogP contribution in [-0.2, 0) is 0 Å². The first kappa shape index (κ1) is 16.9. The fourth-order valence-electron chi connectivity index (χ4n) is 2.70. The second-order valence-electron chi connectivity index (χ2n) is 6.00. The molecule has 0 saturated carbocycles. The number of rotatable bonds is 5. The number of amides is 1. The van der Waals surface area contributed by atoms with Crippen LogP contribution >= 0.6 is 0 Å². The molecule has 7 nitrogen and oxygen atoms in total. The quantitative estimate of drug-likeness (QED) is 0.738. The molecule has 0 saturated heterocycles. The van der Waals surface area contributed by atoms with E-state index in [1.54, 1.807) is 31.3 Å². The molecule has 0 aliphatic rings. The van der Waals surface area contributed by atoms with E-state index in [0.29, 0.717) is 11.4 Å². The lowest BCUT2D eigenvalue weighted by Gasteiger charge is -2.16. The minimum Gasteiger partial charge on any atom is -0.467 e. The fourth-order valence-corrected chi connectivity index (χ4v) is 2.70. The molecular weight excluding hydrogens is 322 g/mol. The van der Waals surface area contributed by atoms with E-state index in [1.165, 1.54) is 16.9 Å². The Morgan fingerprint density at radius 1 is 1.40 bits per heavy atom. The molecule has 0 aliphatic carbocycles. The zero-order valence-corrected chi connectivity index (χ0v) is 14.0. The molecule has 130 valence electrons. The normalized spacial score (nSPS) is 13.6. The highest BCUT2D eigenvalue weighted by atomic mass is 16.4. The molecule has 0 spiro atoms. The molecule has 2 unspecified atom stereocenters. The lowest BCUT2D eigenvalue weighted by atomic mass is 10.1. The van der Waals surface area contributed by atoms with Gasteiger partial charge in [-0.3, -0.25) is 14.0 Å². The highest BCUT2D eigenvalue weighted by Gasteiger charge is 2.19. The third-order valence-corrected chi connectivity index (χ3v) is 4.00. The van der Waals surface area contributed by atoms with Crippen LogP contribution in [0, 0.1) is 6.92 Å². The number of fused-ring (bicyclic) bond motifs is 1. The number of hydrogen-bond acceptors (Lipinski definition) is 5. The Morgan fingerprint density at radius 2 is 2.20 bits per heavy atom. The minimum absolute atomic E-state index is 0.0394. The van der Waals surface area contributed by atoms with E-state index in [-0.39, 0.29) is 18.0 Å². The van der Waals surface area contributed by atoms with E-state index in [9.17, 15) is 14.7 Å². The largest absolute Gasteiger partial charge is 0.467 e. The van der Waals surface area contributed by atoms with Crippen molar-refractivity contribution in [3.63, 3.8) is 0 Å². The first-order valence-electron chi connectivity index (χ1n) is 7.96. The number of furan rings is 1. The first-order valence-corrected chi connectivity index (χ1v) is 7.96. The van der Waals surface area contributed by atoms with Crippen LogP contribution in [0.15, 0.2) is 52.1 Å². The van der Waals surface area contributed by atoms with Gasteiger partial charge < -0.3 is 14.8 Å². The second-order valence-corrected chi connectivity index (χ2v) is 6.00. The number of aliphatic hydroxyl groups excluding tert-OH is 1. The Hall–Kier alpha value is -2.93. The average Bonchev–Trinajstić information content (AvgIpc) is 3.10. The van der Waals surface area contributed by atoms with Gasteiger partial charge in [-0.15, -0.1) is 0 Å². The number of aryl methyl sites for hydroxylation is 1. The SMILES string of the molecule is Cc1cccn2c(=O)c(C(=O)NC(C)CC(O)c3ccco3)cnc12. The summed E-state index contributed by atoms with van der Waals surface area (Å²) in [7, 11) is 0. The van der Waals surface area contributed by atoms with Gasteiger partial charge in [-0.25, -0.2) is 4.98 Å². The van der Waals surface area contributed by atoms with Gasteiger partial charge in [0.1, 0.15) is 23.1 Å². The molecule has 25 heavy (non-hydrogen) atoms. The Kier molecular flexibility index (Phi) is 4.67. The lowest BCUT2D eigenvalue weighted by Crippen LogP contribution is -2.37. The standard InChI is InChI=1S/C18H19N3O4/c1-11-5-3-7-21-16(11)19-10-13(18(21)24)17(23)20-12(2)9-14(22)15-6-4-8-25-15/h3-8,10,12,14,22H,9H2,1-2H3,(H,20,23). The van der Waals surface area contributed by atoms with Crippen LogP contribution in [-0.4, -0.2) is 26.4 Å². The summed E-state index contributed by atoms with van der Waals surface area (Å²) in [6.45, 7) is 3.60. The van der Waals surface area contributed by atoms with Gasteiger partial charge in [-0.05, 0) is 37.6 Å². The number of aliphatic hydroxyl groups is 1. The zero-order chi connectivity index (χ0) is 18.0. The van der Waals surface area contributed by atoms with Gasteiger partial charge in [-0.1, -0.05) is 6.07 Å². The van der Waals surface area contributed by atoms with E-state index < -0.39 is 17.6 Å². The third kappa shape index (κ3) is 3.46. The number of pyridine rings is 1. The maximum atomic E-state index is 12.5. The first-order chi connectivity index (χ1) is 12.0. The molecule has 0 radical (unpaired) electrons. The number of aromatic nitrogens is 2. The van der Waals surface area contributed by atoms with Crippen molar-refractivity contribution in [1.82, 2.24) is 14.7 Å². The van der Waals surface area contributed by atoms with Crippen molar-refractivity contribution in [1.29, 1.82) is 0 Å². The summed E-state index contributed by atoms with van der Waals surface area (Å²) in [6, 6.07) is 6.58. The number of nitrogens with one attached hydrogen (secondary N) is 1. The number of nitrogens with zero attached hydrogens (tertiary/aromatic N) is 2. The van der Waals surface area contributed by atoms with Crippen molar-refractivity contribution in [2.24, 2.45) is 0 Å². The molecule has 7 heteroatoms. The van der Waals surface area contributed by atoms with E-state index in [0.717, 1.165) is 5.56 Å². The molecule has 2 atom stereocenters. The zero-order valence-electron chi connectivity index (χ0n) is 14.0. The van der Waals surface area contributed by atoms with Crippen LogP contribution in [0.5, 0.6) is 0 Å². The van der Waals surface area contributed by atoms with Crippen molar-refractivity contribution >= 4 is 11.6 Å². The number of hydrogen-bond donors (Lipinski definition) is 2. The van der Waals surface area contributed by atoms with E-state index in [4.69, 9.17) is 4.42 Å². The summed E-state index contributed by atoms with van der Waals surface area (Å²) in [5.41, 5.74) is 0.902. The van der Waals surface area contributed by atoms with Crippen LogP contribution in [0.2, 0.25) is 0 Å². The maximum Gasteiger partial charge on any atom is 0.270 e. The molecule has 0 aromatic carbocycles. The highest BCUT2D eigenvalue weighted by Crippen LogP contribution is 2.18. The molecule has 3 aromatic heterocycles. The predicted octanol–water partition coefficient (Wildman–Crippen LogP) is 1.84. The Labute approximate surface area is 143 Å². The predicted molar refractivity (Wildman–Crippen MR) is 91.4 cm³/mol. The Morgan fingerprint density at radius 3 is 2.92 bits per heavy atom. The summed E-state index contributed by atoms with van der Waals surface area (Å²) in [5.74, 6) is -0.0865. The van der Waals surface area contributed by atoms with Crippen LogP contribution in [0.3, 0.4) is 0 Å². The molecule has 3 rings (SSSR count). The monoisotopic (exact) mass is 341 g/mol. The van der Waals surface area contributed by atoms with Crippen molar-refractivity contribution in [2.75, 3.05) is 0 Å². The van der Waals surface area contributed by atoms with Gasteiger partial charge in [0.2, 0.25) is 0 Å². The molecule has 0 aliphatic heterocycles. The van der Waals surface area contributed by atoms with Gasteiger partial charge in [0, 0.05) is 24.9 Å². The van der Waals surface area contributed by atoms with Gasteiger partial charge >= 0.3 is 0 Å². The highest BCUT2D eigenvalue weighted by molar-refractivity contribution is 5.93. The van der Waals surface area contributed by atoms with Crippen molar-refractivity contribution < 1.29 is 14.3 Å². The smallest absolute Gasteiger partial charge is 0.270 e. The Balaban J connectivity index is 1.76. The summed E-state index contributed by atoms with van der Waals surface area (Å²) in [5, 5.41) is 12.8. The third-order valence-electron chi connectivity index (χ3n) is 4.00. The average molecular weight is 341 g/mol. The van der Waals surface area contributed by atoms with Crippen LogP contribution in [0.25, 0.3) is 5.65 Å². The van der Waals surface area contributed by atoms with E-state index >= 15 is 0 Å². The van der Waals surface area contributed by atoms with Gasteiger partial charge in [-0.2, -0.15) is 0 Å². The summed E-state index contributed by atoms with van der Waals surface area (Å²) in [6.07, 6.45) is 3.78. The minimum atomic E-state index is -0.830. The molecule has 2 N–H and O–H groups in total. The van der Waals surface area contributed by atoms with Gasteiger partial charge in [0.25, 0.3) is 11.5 Å².